The molecule has 0 unspecified atom stereocenters. The highest BCUT2D eigenvalue weighted by atomic mass is 16.5. The maximum absolute atomic E-state index is 10.4. The maximum atomic E-state index is 10.4. The van der Waals surface area contributed by atoms with E-state index in [9.17, 15) is 4.79 Å². The predicted molar refractivity (Wildman–Crippen MR) is 36.1 cm³/mol. The number of methoxy groups -OCH3 is 1. The Labute approximate surface area is 63.4 Å². The van der Waals surface area contributed by atoms with Crippen molar-refractivity contribution in [3.8, 4) is 0 Å². The Morgan fingerprint density at radius 2 is 2.55 bits per heavy atom. The van der Waals surface area contributed by atoms with Crippen molar-refractivity contribution in [3.05, 3.63) is 24.2 Å². The molecule has 0 aromatic carbocycles. The molecule has 1 N–H and O–H groups in total. The molecule has 0 bridgehead atoms. The predicted octanol–water partition coefficient (Wildman–Crippen LogP) is 1.05. The Bertz CT molecular complexity index is 227. The van der Waals surface area contributed by atoms with E-state index in [0.717, 1.165) is 0 Å². The topological polar surface area (TPSA) is 59.7 Å². The van der Waals surface area contributed by atoms with Gasteiger partial charge in [-0.1, -0.05) is 0 Å². The lowest BCUT2D eigenvalue weighted by Gasteiger charge is -2.05. The fourth-order valence-electron chi connectivity index (χ4n) is 0.779. The Morgan fingerprint density at radius 3 is 2.91 bits per heavy atom. The van der Waals surface area contributed by atoms with Gasteiger partial charge in [0.2, 0.25) is 6.10 Å². The maximum Gasteiger partial charge on any atom is 0.340 e. The largest absolute Gasteiger partial charge is 0.479 e. The summed E-state index contributed by atoms with van der Waals surface area (Å²) in [5.74, 6) is -0.748. The number of hydrogen-bond donors (Lipinski definition) is 1. The first-order valence-corrected chi connectivity index (χ1v) is 3.04. The lowest BCUT2D eigenvalue weighted by atomic mass is 10.3. The molecule has 0 amide bonds. The van der Waals surface area contributed by atoms with Gasteiger partial charge < -0.3 is 14.3 Å². The zero-order valence-corrected chi connectivity index (χ0v) is 5.98. The molecule has 0 aliphatic rings. The van der Waals surface area contributed by atoms with Crippen molar-refractivity contribution in [2.24, 2.45) is 0 Å². The number of aliphatic carboxylic acids is 1. The average molecular weight is 156 g/mol. The number of carboxylic acid groups (broad SMARTS) is 1. The van der Waals surface area contributed by atoms with Gasteiger partial charge in [0.05, 0.1) is 6.26 Å². The van der Waals surface area contributed by atoms with Crippen LogP contribution in [0.15, 0.2) is 22.8 Å². The first-order valence-electron chi connectivity index (χ1n) is 3.04. The molecular weight excluding hydrogens is 148 g/mol. The molecule has 1 rings (SSSR count). The van der Waals surface area contributed by atoms with Crippen LogP contribution in [0.1, 0.15) is 11.9 Å². The van der Waals surface area contributed by atoms with Crippen LogP contribution in [0.3, 0.4) is 0 Å². The van der Waals surface area contributed by atoms with Crippen molar-refractivity contribution in [2.75, 3.05) is 7.11 Å². The molecular formula is C7H8O4. The zero-order chi connectivity index (χ0) is 8.27. The van der Waals surface area contributed by atoms with E-state index in [2.05, 4.69) is 4.74 Å². The van der Waals surface area contributed by atoms with Crippen LogP contribution in [0.5, 0.6) is 0 Å². The molecule has 11 heavy (non-hydrogen) atoms. The summed E-state index contributed by atoms with van der Waals surface area (Å²) in [6.07, 6.45) is 0.412. The van der Waals surface area contributed by atoms with Gasteiger partial charge in [-0.2, -0.15) is 0 Å². The molecule has 0 saturated heterocycles. The van der Waals surface area contributed by atoms with Crippen LogP contribution < -0.4 is 0 Å². The molecule has 0 saturated carbocycles. The molecule has 60 valence electrons. The van der Waals surface area contributed by atoms with Crippen molar-refractivity contribution in [1.29, 1.82) is 0 Å². The summed E-state index contributed by atoms with van der Waals surface area (Å²) < 4.78 is 9.50. The third-order valence-corrected chi connectivity index (χ3v) is 1.26. The smallest absolute Gasteiger partial charge is 0.340 e. The zero-order valence-electron chi connectivity index (χ0n) is 5.98. The van der Waals surface area contributed by atoms with Crippen LogP contribution in [0.4, 0.5) is 0 Å². The molecule has 0 aliphatic heterocycles. The third kappa shape index (κ3) is 1.59. The molecule has 1 heterocycles. The molecule has 4 heteroatoms. The van der Waals surface area contributed by atoms with Gasteiger partial charge in [0, 0.05) is 7.11 Å². The molecule has 0 fully saturated rings. The Balaban J connectivity index is 2.79. The van der Waals surface area contributed by atoms with Gasteiger partial charge in [-0.3, -0.25) is 0 Å². The van der Waals surface area contributed by atoms with Crippen LogP contribution in [0.25, 0.3) is 0 Å². The molecule has 0 radical (unpaired) electrons. The number of rotatable bonds is 3. The highest BCUT2D eigenvalue weighted by molar-refractivity contribution is 5.73. The second-order valence-electron chi connectivity index (χ2n) is 1.97. The molecule has 1 atom stereocenters. The first kappa shape index (κ1) is 7.81. The lowest BCUT2D eigenvalue weighted by Crippen LogP contribution is -2.12. The monoisotopic (exact) mass is 156 g/mol. The number of carbonyl (C=O) groups is 1. The van der Waals surface area contributed by atoms with E-state index in [-0.39, 0.29) is 0 Å². The van der Waals surface area contributed by atoms with Crippen molar-refractivity contribution in [3.63, 3.8) is 0 Å². The van der Waals surface area contributed by atoms with E-state index in [1.807, 2.05) is 0 Å². The second-order valence-corrected chi connectivity index (χ2v) is 1.97. The molecule has 4 nitrogen and oxygen atoms in total. The van der Waals surface area contributed by atoms with Crippen molar-refractivity contribution in [2.45, 2.75) is 6.10 Å². The molecule has 1 aromatic rings. The van der Waals surface area contributed by atoms with Crippen molar-refractivity contribution >= 4 is 5.97 Å². The van der Waals surface area contributed by atoms with Gasteiger partial charge in [-0.15, -0.1) is 0 Å². The molecule has 0 spiro atoms. The minimum atomic E-state index is -1.05. The second kappa shape index (κ2) is 3.21. The number of carboxylic acids is 1. The summed E-state index contributed by atoms with van der Waals surface area (Å²) in [5, 5.41) is 8.56. The van der Waals surface area contributed by atoms with Gasteiger partial charge in [-0.25, -0.2) is 4.79 Å². The number of hydrogen-bond acceptors (Lipinski definition) is 3. The highest BCUT2D eigenvalue weighted by Gasteiger charge is 2.20. The van der Waals surface area contributed by atoms with Crippen molar-refractivity contribution in [1.82, 2.24) is 0 Å². The van der Waals surface area contributed by atoms with E-state index in [4.69, 9.17) is 9.52 Å². The van der Waals surface area contributed by atoms with Crippen LogP contribution >= 0.6 is 0 Å². The highest BCUT2D eigenvalue weighted by Crippen LogP contribution is 2.16. The normalized spacial score (nSPS) is 12.8. The minimum absolute atomic E-state index is 0.306. The quantitative estimate of drug-likeness (QED) is 0.710. The van der Waals surface area contributed by atoms with E-state index in [1.54, 1.807) is 12.1 Å². The number of ether oxygens (including phenoxy) is 1. The van der Waals surface area contributed by atoms with E-state index < -0.39 is 12.1 Å². The Morgan fingerprint density at radius 1 is 1.82 bits per heavy atom. The fourth-order valence-corrected chi connectivity index (χ4v) is 0.779. The Hall–Kier alpha value is -1.29. The third-order valence-electron chi connectivity index (χ3n) is 1.26. The molecule has 0 aliphatic carbocycles. The standard InChI is InChI=1S/C7H8O4/c1-10-6(7(8)9)5-3-2-4-11-5/h2-4,6H,1H3,(H,8,9)/t6-/m1/s1. The van der Waals surface area contributed by atoms with E-state index in [1.165, 1.54) is 13.4 Å². The summed E-state index contributed by atoms with van der Waals surface area (Å²) >= 11 is 0. The molecule has 1 aromatic heterocycles. The Kier molecular flexibility index (Phi) is 2.28. The van der Waals surface area contributed by atoms with Gasteiger partial charge in [0.15, 0.2) is 0 Å². The van der Waals surface area contributed by atoms with Crippen LogP contribution in [-0.4, -0.2) is 18.2 Å². The summed E-state index contributed by atoms with van der Waals surface area (Å²) in [6, 6.07) is 3.17. The van der Waals surface area contributed by atoms with Gasteiger partial charge in [0.25, 0.3) is 0 Å². The van der Waals surface area contributed by atoms with Gasteiger partial charge >= 0.3 is 5.97 Å². The lowest BCUT2D eigenvalue weighted by molar-refractivity contribution is -0.149. The minimum Gasteiger partial charge on any atom is -0.479 e. The number of furan rings is 1. The average Bonchev–Trinajstić information content (AvgIpc) is 2.40. The first-order chi connectivity index (χ1) is 5.25. The summed E-state index contributed by atoms with van der Waals surface area (Å²) in [5.41, 5.74) is 0. The van der Waals surface area contributed by atoms with E-state index in [0.29, 0.717) is 5.76 Å². The van der Waals surface area contributed by atoms with Crippen LogP contribution in [0.2, 0.25) is 0 Å². The van der Waals surface area contributed by atoms with Gasteiger partial charge in [0.1, 0.15) is 5.76 Å². The summed E-state index contributed by atoms with van der Waals surface area (Å²) in [4.78, 5) is 10.4. The van der Waals surface area contributed by atoms with Gasteiger partial charge in [-0.05, 0) is 12.1 Å². The van der Waals surface area contributed by atoms with E-state index >= 15 is 0 Å². The SMILES string of the molecule is CO[C@@H](C(=O)O)c1ccco1. The van der Waals surface area contributed by atoms with Crippen LogP contribution in [0, 0.1) is 0 Å². The van der Waals surface area contributed by atoms with Crippen LogP contribution in [-0.2, 0) is 9.53 Å². The fraction of sp³-hybridized carbons (Fsp3) is 0.286. The summed E-state index contributed by atoms with van der Waals surface area (Å²) in [7, 11) is 1.32. The van der Waals surface area contributed by atoms with Crippen molar-refractivity contribution < 1.29 is 19.1 Å². The summed E-state index contributed by atoms with van der Waals surface area (Å²) in [6.45, 7) is 0.